The summed E-state index contributed by atoms with van der Waals surface area (Å²) in [5, 5.41) is 0.818. The van der Waals surface area contributed by atoms with Crippen LogP contribution in [0.1, 0.15) is 35.7 Å². The predicted octanol–water partition coefficient (Wildman–Crippen LogP) is 7.03. The van der Waals surface area contributed by atoms with Crippen LogP contribution < -0.4 is 4.31 Å². The zero-order valence-electron chi connectivity index (χ0n) is 16.7. The molecule has 0 bridgehead atoms. The minimum atomic E-state index is -4.22. The molecule has 162 valence electrons. The number of carbonyl (C=O) groups excluding carboxylic acids is 1. The molecular weight excluding hydrogens is 477 g/mol. The fraction of sp³-hybridized carbons (Fsp3) is 0.174. The Hall–Kier alpha value is -2.05. The third kappa shape index (κ3) is 5.42. The molecule has 0 atom stereocenters. The fourth-order valence-corrected chi connectivity index (χ4v) is 4.84. The lowest BCUT2D eigenvalue weighted by Crippen LogP contribution is -2.37. The van der Waals surface area contributed by atoms with Gasteiger partial charge in [0, 0.05) is 10.6 Å². The number of benzene rings is 3. The molecule has 0 aliphatic carbocycles. The standard InChI is InChI=1S/C23H20Cl3NO3S/c1-2-3-4-16-5-10-19(11-6-16)27(23(28)17-7-14-21(25)22(26)15-17)31(29,30)20-12-8-18(24)9-13-20/h5-15H,2-4H2,1H3. The van der Waals surface area contributed by atoms with Crippen molar-refractivity contribution in [3.63, 3.8) is 0 Å². The van der Waals surface area contributed by atoms with Gasteiger partial charge in [-0.05, 0) is 73.0 Å². The number of aryl methyl sites for hydroxylation is 1. The van der Waals surface area contributed by atoms with E-state index in [9.17, 15) is 13.2 Å². The summed E-state index contributed by atoms with van der Waals surface area (Å²) in [6.45, 7) is 2.10. The molecule has 3 rings (SSSR count). The van der Waals surface area contributed by atoms with Gasteiger partial charge in [-0.15, -0.1) is 0 Å². The Morgan fingerprint density at radius 3 is 2.10 bits per heavy atom. The van der Waals surface area contributed by atoms with E-state index in [4.69, 9.17) is 34.8 Å². The van der Waals surface area contributed by atoms with E-state index in [1.165, 1.54) is 42.5 Å². The number of hydrogen-bond donors (Lipinski definition) is 0. The van der Waals surface area contributed by atoms with Crippen LogP contribution in [0.2, 0.25) is 15.1 Å². The van der Waals surface area contributed by atoms with Gasteiger partial charge < -0.3 is 0 Å². The van der Waals surface area contributed by atoms with E-state index in [1.54, 1.807) is 12.1 Å². The van der Waals surface area contributed by atoms with E-state index >= 15 is 0 Å². The van der Waals surface area contributed by atoms with Crippen LogP contribution >= 0.6 is 34.8 Å². The second kappa shape index (κ2) is 10.0. The molecule has 4 nitrogen and oxygen atoms in total. The van der Waals surface area contributed by atoms with Crippen LogP contribution in [0.4, 0.5) is 5.69 Å². The van der Waals surface area contributed by atoms with E-state index in [0.717, 1.165) is 29.1 Å². The molecule has 3 aromatic carbocycles. The molecule has 0 saturated carbocycles. The van der Waals surface area contributed by atoms with Crippen LogP contribution in [-0.2, 0) is 16.4 Å². The zero-order valence-corrected chi connectivity index (χ0v) is 19.8. The summed E-state index contributed by atoms with van der Waals surface area (Å²) in [5.41, 5.74) is 1.39. The van der Waals surface area contributed by atoms with Gasteiger partial charge in [0.25, 0.3) is 15.9 Å². The Morgan fingerprint density at radius 1 is 0.871 bits per heavy atom. The Labute approximate surface area is 197 Å². The fourth-order valence-electron chi connectivity index (χ4n) is 3.00. The van der Waals surface area contributed by atoms with Gasteiger partial charge in [0.1, 0.15) is 0 Å². The number of amides is 1. The van der Waals surface area contributed by atoms with Gasteiger partial charge in [0.2, 0.25) is 0 Å². The third-order valence-electron chi connectivity index (χ3n) is 4.69. The van der Waals surface area contributed by atoms with Crippen molar-refractivity contribution >= 4 is 56.4 Å². The predicted molar refractivity (Wildman–Crippen MR) is 127 cm³/mol. The van der Waals surface area contributed by atoms with Crippen molar-refractivity contribution < 1.29 is 13.2 Å². The summed E-state index contributed by atoms with van der Waals surface area (Å²) in [5.74, 6) is -0.741. The second-order valence-electron chi connectivity index (χ2n) is 6.93. The zero-order chi connectivity index (χ0) is 22.6. The Bertz CT molecular complexity index is 1180. The van der Waals surface area contributed by atoms with Crippen LogP contribution in [0.15, 0.2) is 71.6 Å². The highest BCUT2D eigenvalue weighted by Crippen LogP contribution is 2.29. The van der Waals surface area contributed by atoms with Crippen molar-refractivity contribution in [2.24, 2.45) is 0 Å². The maximum absolute atomic E-state index is 13.5. The average molecular weight is 497 g/mol. The molecule has 31 heavy (non-hydrogen) atoms. The van der Waals surface area contributed by atoms with E-state index in [-0.39, 0.29) is 26.2 Å². The SMILES string of the molecule is CCCCc1ccc(N(C(=O)c2ccc(Cl)c(Cl)c2)S(=O)(=O)c2ccc(Cl)cc2)cc1. The van der Waals surface area contributed by atoms with Crippen LogP contribution in [-0.4, -0.2) is 14.3 Å². The summed E-state index contributed by atoms with van der Waals surface area (Å²) in [6.07, 6.45) is 2.95. The van der Waals surface area contributed by atoms with E-state index in [1.807, 2.05) is 12.1 Å². The average Bonchev–Trinajstić information content (AvgIpc) is 2.75. The van der Waals surface area contributed by atoms with Crippen molar-refractivity contribution in [3.05, 3.63) is 92.9 Å². The molecule has 0 aromatic heterocycles. The van der Waals surface area contributed by atoms with Gasteiger partial charge in [-0.1, -0.05) is 60.3 Å². The summed E-state index contributed by atoms with van der Waals surface area (Å²) in [4.78, 5) is 13.3. The van der Waals surface area contributed by atoms with Crippen LogP contribution in [0.25, 0.3) is 0 Å². The Morgan fingerprint density at radius 2 is 1.52 bits per heavy atom. The highest BCUT2D eigenvalue weighted by molar-refractivity contribution is 7.93. The van der Waals surface area contributed by atoms with Gasteiger partial charge in [-0.3, -0.25) is 4.79 Å². The van der Waals surface area contributed by atoms with E-state index in [0.29, 0.717) is 5.02 Å². The maximum atomic E-state index is 13.5. The lowest BCUT2D eigenvalue weighted by Gasteiger charge is -2.23. The van der Waals surface area contributed by atoms with Crippen molar-refractivity contribution in [1.29, 1.82) is 0 Å². The molecule has 0 unspecified atom stereocenters. The van der Waals surface area contributed by atoms with Gasteiger partial charge >= 0.3 is 0 Å². The second-order valence-corrected chi connectivity index (χ2v) is 9.96. The van der Waals surface area contributed by atoms with Gasteiger partial charge in [0.05, 0.1) is 20.6 Å². The van der Waals surface area contributed by atoms with Gasteiger partial charge in [0.15, 0.2) is 0 Å². The number of unbranched alkanes of at least 4 members (excludes halogenated alkanes) is 1. The highest BCUT2D eigenvalue weighted by Gasteiger charge is 2.32. The molecule has 0 aliphatic heterocycles. The van der Waals surface area contributed by atoms with Crippen LogP contribution in [0.3, 0.4) is 0 Å². The van der Waals surface area contributed by atoms with E-state index in [2.05, 4.69) is 6.92 Å². The van der Waals surface area contributed by atoms with Crippen LogP contribution in [0.5, 0.6) is 0 Å². The number of anilines is 1. The first-order chi connectivity index (χ1) is 14.7. The first-order valence-corrected chi connectivity index (χ1v) is 12.2. The number of nitrogens with zero attached hydrogens (tertiary/aromatic N) is 1. The molecule has 1 amide bonds. The number of rotatable bonds is 7. The monoisotopic (exact) mass is 495 g/mol. The normalized spacial score (nSPS) is 11.4. The van der Waals surface area contributed by atoms with Gasteiger partial charge in [-0.25, -0.2) is 8.42 Å². The van der Waals surface area contributed by atoms with Gasteiger partial charge in [-0.2, -0.15) is 4.31 Å². The number of halogens is 3. The smallest absolute Gasteiger partial charge is 0.268 e. The molecule has 0 N–H and O–H groups in total. The Kier molecular flexibility index (Phi) is 7.65. The molecular formula is C23H20Cl3NO3S. The molecule has 0 fully saturated rings. The van der Waals surface area contributed by atoms with Crippen molar-refractivity contribution in [1.82, 2.24) is 0 Å². The number of hydrogen-bond acceptors (Lipinski definition) is 3. The Balaban J connectivity index is 2.10. The highest BCUT2D eigenvalue weighted by atomic mass is 35.5. The quantitative estimate of drug-likeness (QED) is 0.353. The topological polar surface area (TPSA) is 54.5 Å². The molecule has 0 heterocycles. The minimum absolute atomic E-state index is 0.0552. The van der Waals surface area contributed by atoms with Crippen molar-refractivity contribution in [2.45, 2.75) is 31.1 Å². The molecule has 8 heteroatoms. The molecule has 3 aromatic rings. The minimum Gasteiger partial charge on any atom is -0.268 e. The molecule has 0 radical (unpaired) electrons. The first-order valence-electron chi connectivity index (χ1n) is 9.63. The molecule has 0 saturated heterocycles. The van der Waals surface area contributed by atoms with Crippen molar-refractivity contribution in [2.75, 3.05) is 4.31 Å². The maximum Gasteiger partial charge on any atom is 0.272 e. The molecule has 0 aliphatic rings. The summed E-state index contributed by atoms with van der Waals surface area (Å²) < 4.78 is 27.7. The number of carbonyl (C=O) groups is 1. The van der Waals surface area contributed by atoms with E-state index < -0.39 is 15.9 Å². The summed E-state index contributed by atoms with van der Waals surface area (Å²) in [6, 6.07) is 16.8. The lowest BCUT2D eigenvalue weighted by atomic mass is 10.1. The third-order valence-corrected chi connectivity index (χ3v) is 7.41. The van der Waals surface area contributed by atoms with Crippen LogP contribution in [0, 0.1) is 0 Å². The summed E-state index contributed by atoms with van der Waals surface area (Å²) in [7, 11) is -4.22. The van der Waals surface area contributed by atoms with Crippen molar-refractivity contribution in [3.8, 4) is 0 Å². The summed E-state index contributed by atoms with van der Waals surface area (Å²) >= 11 is 17.9. The lowest BCUT2D eigenvalue weighted by molar-refractivity contribution is 0.101. The number of sulfonamides is 1. The first kappa shape index (κ1) is 23.6. The largest absolute Gasteiger partial charge is 0.272 e. The molecule has 0 spiro atoms.